The van der Waals surface area contributed by atoms with Gasteiger partial charge in [-0.15, -0.1) is 0 Å². The molecule has 13 aromatic rings. The van der Waals surface area contributed by atoms with Gasteiger partial charge >= 0.3 is 0 Å². The zero-order valence-electron chi connectivity index (χ0n) is 39.1. The van der Waals surface area contributed by atoms with Crippen molar-refractivity contribution in [3.63, 3.8) is 0 Å². The standard InChI is InChI=1S/C62H48N6O/c1-62(2,3)42-32-33-63-54(36-42)68-53-38-45(30-31-50(53)56-55-48-24-12-14-28-51(48)64(4)59(55)57-49-25-13-15-29-52(49)65(5)60(57)61(56)68)69-44-23-16-22-43(37-44)66-34-35-67(39-66)58-46(40-18-8-6-9-19-40)26-17-27-47(58)41-20-10-7-11-21-41/h6-38H,1-5H3. The molecule has 0 bridgehead atoms. The van der Waals surface area contributed by atoms with Crippen LogP contribution in [-0.4, -0.2) is 23.3 Å². The van der Waals surface area contributed by atoms with Gasteiger partial charge < -0.3 is 13.9 Å². The second-order valence-corrected chi connectivity index (χ2v) is 19.2. The van der Waals surface area contributed by atoms with Gasteiger partial charge in [-0.3, -0.25) is 13.7 Å². The predicted molar refractivity (Wildman–Crippen MR) is 282 cm³/mol. The third-order valence-electron chi connectivity index (χ3n) is 14.1. The van der Waals surface area contributed by atoms with Gasteiger partial charge in [0.05, 0.1) is 33.4 Å². The maximum Gasteiger partial charge on any atom is 0.268 e. The molecule has 332 valence electrons. The molecule has 0 atom stereocenters. The average molecular weight is 893 g/mol. The first-order chi connectivity index (χ1) is 33.7. The van der Waals surface area contributed by atoms with E-state index in [1.165, 1.54) is 54.6 Å². The van der Waals surface area contributed by atoms with Gasteiger partial charge in [0.25, 0.3) is 6.33 Å². The number of imidazole rings is 1. The molecule has 0 aliphatic carbocycles. The number of hydrogen-bond acceptors (Lipinski definition) is 2. The van der Waals surface area contributed by atoms with Gasteiger partial charge in [0.2, 0.25) is 0 Å². The zero-order chi connectivity index (χ0) is 46.5. The number of nitrogens with zero attached hydrogens (tertiary/aromatic N) is 6. The Morgan fingerprint density at radius 2 is 1.12 bits per heavy atom. The second kappa shape index (κ2) is 15.4. The summed E-state index contributed by atoms with van der Waals surface area (Å²) < 4.78 is 18.2. The van der Waals surface area contributed by atoms with Crippen molar-refractivity contribution in [1.82, 2.24) is 23.3 Å². The second-order valence-electron chi connectivity index (χ2n) is 19.2. The molecule has 0 spiro atoms. The summed E-state index contributed by atoms with van der Waals surface area (Å²) in [7, 11) is 4.41. The van der Waals surface area contributed by atoms with Crippen molar-refractivity contribution in [2.45, 2.75) is 26.2 Å². The van der Waals surface area contributed by atoms with Crippen LogP contribution in [0.1, 0.15) is 26.3 Å². The number of rotatable bonds is 7. The van der Waals surface area contributed by atoms with Crippen LogP contribution in [0.4, 0.5) is 0 Å². The fourth-order valence-corrected chi connectivity index (χ4v) is 10.8. The topological polar surface area (TPSA) is 45.7 Å². The maximum absolute atomic E-state index is 6.90. The molecule has 0 fully saturated rings. The van der Waals surface area contributed by atoms with Crippen LogP contribution >= 0.6 is 0 Å². The van der Waals surface area contributed by atoms with Crippen LogP contribution in [0.25, 0.3) is 105 Å². The molecule has 0 saturated heterocycles. The van der Waals surface area contributed by atoms with Crippen molar-refractivity contribution in [1.29, 1.82) is 0 Å². The van der Waals surface area contributed by atoms with E-state index in [2.05, 4.69) is 242 Å². The van der Waals surface area contributed by atoms with Crippen molar-refractivity contribution < 1.29 is 9.30 Å². The lowest BCUT2D eigenvalue weighted by atomic mass is 9.88. The maximum atomic E-state index is 6.90. The van der Waals surface area contributed by atoms with Crippen LogP contribution in [0.15, 0.2) is 201 Å². The minimum absolute atomic E-state index is 0.0838. The van der Waals surface area contributed by atoms with Crippen LogP contribution in [0.2, 0.25) is 0 Å². The Balaban J connectivity index is 0.990. The summed E-state index contributed by atoms with van der Waals surface area (Å²) in [5.41, 5.74) is 14.6. The van der Waals surface area contributed by atoms with Crippen LogP contribution in [0.5, 0.6) is 11.5 Å². The Labute approximate surface area is 399 Å². The van der Waals surface area contributed by atoms with Gasteiger partial charge in [-0.05, 0) is 87.8 Å². The average Bonchev–Trinajstić information content (AvgIpc) is 4.15. The smallest absolute Gasteiger partial charge is 0.268 e. The highest BCUT2D eigenvalue weighted by Gasteiger charge is 2.28. The highest BCUT2D eigenvalue weighted by Crippen LogP contribution is 2.49. The first kappa shape index (κ1) is 40.6. The molecule has 0 aliphatic rings. The van der Waals surface area contributed by atoms with E-state index in [1.54, 1.807) is 0 Å². The third kappa shape index (κ3) is 6.34. The molecule has 0 unspecified atom stereocenters. The molecule has 0 amide bonds. The number of fused-ring (bicyclic) bond motifs is 12. The fraction of sp³-hybridized carbons (Fsp3) is 0.0968. The molecule has 69 heavy (non-hydrogen) atoms. The summed E-state index contributed by atoms with van der Waals surface area (Å²) in [6.45, 7) is 6.78. The molecule has 5 heterocycles. The number of pyridine rings is 1. The van der Waals surface area contributed by atoms with E-state index in [-0.39, 0.29) is 5.41 Å². The first-order valence-corrected chi connectivity index (χ1v) is 23.6. The van der Waals surface area contributed by atoms with E-state index in [4.69, 9.17) is 9.72 Å². The molecule has 0 radical (unpaired) electrons. The lowest BCUT2D eigenvalue weighted by Gasteiger charge is -2.20. The number of hydrogen-bond donors (Lipinski definition) is 0. The molecule has 0 N–H and O–H groups in total. The Morgan fingerprint density at radius 3 is 1.81 bits per heavy atom. The van der Waals surface area contributed by atoms with Crippen molar-refractivity contribution in [2.75, 3.05) is 0 Å². The van der Waals surface area contributed by atoms with Gasteiger partial charge in [-0.25, -0.2) is 4.98 Å². The van der Waals surface area contributed by atoms with Crippen molar-refractivity contribution in [3.05, 3.63) is 212 Å². The molecular weight excluding hydrogens is 845 g/mol. The molecule has 7 heteroatoms. The first-order valence-electron chi connectivity index (χ1n) is 23.6. The predicted octanol–water partition coefficient (Wildman–Crippen LogP) is 14.8. The molecule has 0 saturated carbocycles. The van der Waals surface area contributed by atoms with Crippen LogP contribution < -0.4 is 9.30 Å². The van der Waals surface area contributed by atoms with E-state index < -0.39 is 0 Å². The van der Waals surface area contributed by atoms with E-state index in [0.717, 1.165) is 67.4 Å². The van der Waals surface area contributed by atoms with Crippen molar-refractivity contribution in [3.8, 4) is 50.9 Å². The third-order valence-corrected chi connectivity index (χ3v) is 14.1. The SMILES string of the molecule is Cn1c2ccccc2c2c3c4ccc(Oc5cccc(-[n+]6[c-]n(-c7c(-c8ccccc8)cccc7-c7ccccc7)cc6)c5)cc4n(-c4cc(C(C)(C)C)ccn4)c3c3c(c4ccccc4n3C)c21. The lowest BCUT2D eigenvalue weighted by molar-refractivity contribution is -0.599. The van der Waals surface area contributed by atoms with Crippen molar-refractivity contribution >= 4 is 65.4 Å². The van der Waals surface area contributed by atoms with Gasteiger partial charge in [0.15, 0.2) is 0 Å². The van der Waals surface area contributed by atoms with Crippen LogP contribution in [-0.2, 0) is 19.5 Å². The minimum Gasteiger partial charge on any atom is -0.458 e. The largest absolute Gasteiger partial charge is 0.458 e. The summed E-state index contributed by atoms with van der Waals surface area (Å²) in [5.74, 6) is 2.32. The van der Waals surface area contributed by atoms with Gasteiger partial charge in [-0.2, -0.15) is 0 Å². The Bertz CT molecular complexity index is 4100. The lowest BCUT2D eigenvalue weighted by Crippen LogP contribution is -2.28. The Kier molecular flexibility index (Phi) is 9.08. The number of para-hydroxylation sites is 3. The monoisotopic (exact) mass is 892 g/mol. The molecule has 8 aromatic carbocycles. The quantitative estimate of drug-likeness (QED) is 0.118. The summed E-state index contributed by atoms with van der Waals surface area (Å²) >= 11 is 0. The molecule has 7 nitrogen and oxygen atoms in total. The Hall–Kier alpha value is -8.68. The van der Waals surface area contributed by atoms with Crippen LogP contribution in [0, 0.1) is 6.33 Å². The molecule has 0 aliphatic heterocycles. The Morgan fingerprint density at radius 1 is 0.522 bits per heavy atom. The van der Waals surface area contributed by atoms with Crippen molar-refractivity contribution in [2.24, 2.45) is 14.1 Å². The van der Waals surface area contributed by atoms with E-state index >= 15 is 0 Å². The number of aryl methyl sites for hydroxylation is 2. The zero-order valence-corrected chi connectivity index (χ0v) is 39.1. The molecule has 13 rings (SSSR count). The normalized spacial score (nSPS) is 12.1. The van der Waals surface area contributed by atoms with E-state index in [1.807, 2.05) is 22.9 Å². The van der Waals surface area contributed by atoms with E-state index in [9.17, 15) is 0 Å². The van der Waals surface area contributed by atoms with Gasteiger partial charge in [-0.1, -0.05) is 142 Å². The summed E-state index contributed by atoms with van der Waals surface area (Å²) in [6.07, 6.45) is 9.75. The molecule has 5 aromatic heterocycles. The fourth-order valence-electron chi connectivity index (χ4n) is 10.8. The summed E-state index contributed by atoms with van der Waals surface area (Å²) in [4.78, 5) is 5.16. The highest BCUT2D eigenvalue weighted by molar-refractivity contribution is 6.40. The highest BCUT2D eigenvalue weighted by atomic mass is 16.5. The van der Waals surface area contributed by atoms with Gasteiger partial charge in [0, 0.05) is 82.1 Å². The number of benzene rings is 8. The summed E-state index contributed by atoms with van der Waals surface area (Å²) in [6, 6.07) is 64.4. The number of aromatic nitrogens is 6. The minimum atomic E-state index is -0.0838. The van der Waals surface area contributed by atoms with E-state index in [0.29, 0.717) is 0 Å². The molecular formula is C62H48N6O. The van der Waals surface area contributed by atoms with Gasteiger partial charge in [0.1, 0.15) is 17.3 Å². The number of ether oxygens (including phenoxy) is 1. The van der Waals surface area contributed by atoms with Crippen LogP contribution in [0.3, 0.4) is 0 Å². The summed E-state index contributed by atoms with van der Waals surface area (Å²) in [5, 5.41) is 7.28.